The number of aryl methyl sites for hydroxylation is 1. The van der Waals surface area contributed by atoms with Crippen molar-refractivity contribution in [2.24, 2.45) is 0 Å². The van der Waals surface area contributed by atoms with Crippen molar-refractivity contribution in [2.45, 2.75) is 19.9 Å². The number of rotatable bonds is 3. The molecule has 1 amide bonds. The molecule has 0 aliphatic carbocycles. The molecule has 1 aliphatic heterocycles. The molecule has 2 heterocycles. The van der Waals surface area contributed by atoms with Gasteiger partial charge in [-0.3, -0.25) is 9.89 Å². The minimum Gasteiger partial charge on any atom is -0.384 e. The second-order valence-corrected chi connectivity index (χ2v) is 4.75. The van der Waals surface area contributed by atoms with Crippen molar-refractivity contribution in [3.05, 3.63) is 46.8 Å². The van der Waals surface area contributed by atoms with Gasteiger partial charge < -0.3 is 10.6 Å². The van der Waals surface area contributed by atoms with Crippen molar-refractivity contribution in [1.29, 1.82) is 0 Å². The summed E-state index contributed by atoms with van der Waals surface area (Å²) in [6.07, 6.45) is 2.77. The van der Waals surface area contributed by atoms with Gasteiger partial charge in [0.05, 0.1) is 6.20 Å². The number of benzene rings is 1. The van der Waals surface area contributed by atoms with E-state index in [2.05, 4.69) is 20.8 Å². The Labute approximate surface area is 111 Å². The van der Waals surface area contributed by atoms with E-state index in [1.165, 1.54) is 5.56 Å². The average Bonchev–Trinajstić information content (AvgIpc) is 3.03. The maximum atomic E-state index is 12.1. The molecule has 0 unspecified atom stereocenters. The number of nitrogens with zero attached hydrogens (tertiary/aromatic N) is 1. The lowest BCUT2D eigenvalue weighted by atomic mass is 10.1. The third kappa shape index (κ3) is 2.31. The van der Waals surface area contributed by atoms with Gasteiger partial charge >= 0.3 is 0 Å². The Morgan fingerprint density at radius 2 is 2.37 bits per heavy atom. The van der Waals surface area contributed by atoms with Gasteiger partial charge in [-0.1, -0.05) is 6.07 Å². The predicted octanol–water partition coefficient (Wildman–Crippen LogP) is 1.62. The van der Waals surface area contributed by atoms with Crippen LogP contribution in [0.25, 0.3) is 0 Å². The minimum absolute atomic E-state index is 0.0582. The molecule has 3 rings (SSSR count). The molecule has 0 saturated heterocycles. The lowest BCUT2D eigenvalue weighted by molar-refractivity contribution is 0.0951. The zero-order valence-electron chi connectivity index (χ0n) is 10.8. The summed E-state index contributed by atoms with van der Waals surface area (Å²) in [7, 11) is 0. The fraction of sp³-hybridized carbons (Fsp3) is 0.286. The summed E-state index contributed by atoms with van der Waals surface area (Å²) in [5, 5.41) is 13.0. The quantitative estimate of drug-likeness (QED) is 0.781. The van der Waals surface area contributed by atoms with Crippen LogP contribution in [0, 0.1) is 6.92 Å². The van der Waals surface area contributed by atoms with Crippen molar-refractivity contribution in [3.8, 4) is 0 Å². The molecule has 2 aromatic rings. The molecule has 0 radical (unpaired) electrons. The Hall–Kier alpha value is -2.30. The fourth-order valence-electron chi connectivity index (χ4n) is 2.26. The van der Waals surface area contributed by atoms with Crippen LogP contribution < -0.4 is 10.6 Å². The van der Waals surface area contributed by atoms with E-state index in [1.807, 2.05) is 25.1 Å². The molecular formula is C14H16N4O. The number of hydrogen-bond acceptors (Lipinski definition) is 3. The molecule has 0 spiro atoms. The molecule has 19 heavy (non-hydrogen) atoms. The van der Waals surface area contributed by atoms with Gasteiger partial charge in [-0.05, 0) is 31.0 Å². The molecule has 98 valence electrons. The van der Waals surface area contributed by atoms with E-state index in [-0.39, 0.29) is 5.91 Å². The monoisotopic (exact) mass is 256 g/mol. The smallest absolute Gasteiger partial charge is 0.251 e. The number of aromatic amines is 1. The molecule has 0 saturated carbocycles. The Bertz CT molecular complexity index is 618. The molecular weight excluding hydrogens is 240 g/mol. The number of amides is 1. The highest BCUT2D eigenvalue weighted by molar-refractivity contribution is 5.95. The maximum Gasteiger partial charge on any atom is 0.251 e. The first kappa shape index (κ1) is 11.8. The van der Waals surface area contributed by atoms with Crippen LogP contribution in [0.4, 0.5) is 5.69 Å². The van der Waals surface area contributed by atoms with Crippen LogP contribution in [-0.4, -0.2) is 22.6 Å². The van der Waals surface area contributed by atoms with Crippen molar-refractivity contribution in [1.82, 2.24) is 15.5 Å². The average molecular weight is 256 g/mol. The Kier molecular flexibility index (Phi) is 2.95. The molecule has 0 atom stereocenters. The summed E-state index contributed by atoms with van der Waals surface area (Å²) in [5.74, 6) is -0.0582. The largest absolute Gasteiger partial charge is 0.384 e. The lowest BCUT2D eigenvalue weighted by Gasteiger charge is -2.06. The zero-order chi connectivity index (χ0) is 13.2. The standard InChI is InChI=1S/C14H16N4O/c1-9-12(8-17-18-9)7-16-14(19)11-3-2-10-4-5-15-13(10)6-11/h2-3,6,8,15H,4-5,7H2,1H3,(H,16,19)(H,17,18). The second kappa shape index (κ2) is 4.76. The number of anilines is 1. The van der Waals surface area contributed by atoms with Crippen molar-refractivity contribution in [2.75, 3.05) is 11.9 Å². The lowest BCUT2D eigenvalue weighted by Crippen LogP contribution is -2.23. The number of fused-ring (bicyclic) bond motifs is 1. The first-order valence-corrected chi connectivity index (χ1v) is 6.38. The summed E-state index contributed by atoms with van der Waals surface area (Å²) >= 11 is 0. The number of carbonyl (C=O) groups excluding carboxylic acids is 1. The molecule has 3 N–H and O–H groups in total. The predicted molar refractivity (Wildman–Crippen MR) is 73.1 cm³/mol. The van der Waals surface area contributed by atoms with Crippen LogP contribution in [0.5, 0.6) is 0 Å². The molecule has 5 heteroatoms. The molecule has 0 bridgehead atoms. The van der Waals surface area contributed by atoms with Gasteiger partial charge in [-0.2, -0.15) is 5.10 Å². The summed E-state index contributed by atoms with van der Waals surface area (Å²) in [4.78, 5) is 12.1. The van der Waals surface area contributed by atoms with Crippen LogP contribution in [0.1, 0.15) is 27.2 Å². The Morgan fingerprint density at radius 3 is 3.16 bits per heavy atom. The summed E-state index contributed by atoms with van der Waals surface area (Å²) in [6, 6.07) is 5.82. The first-order valence-electron chi connectivity index (χ1n) is 6.38. The normalized spacial score (nSPS) is 12.9. The number of hydrogen-bond donors (Lipinski definition) is 3. The van der Waals surface area contributed by atoms with E-state index in [1.54, 1.807) is 6.20 Å². The third-order valence-electron chi connectivity index (χ3n) is 3.46. The highest BCUT2D eigenvalue weighted by Crippen LogP contribution is 2.23. The van der Waals surface area contributed by atoms with E-state index in [0.717, 1.165) is 29.9 Å². The van der Waals surface area contributed by atoms with Crippen molar-refractivity contribution < 1.29 is 4.79 Å². The van der Waals surface area contributed by atoms with Crippen LogP contribution >= 0.6 is 0 Å². The van der Waals surface area contributed by atoms with E-state index in [0.29, 0.717) is 12.1 Å². The topological polar surface area (TPSA) is 69.8 Å². The van der Waals surface area contributed by atoms with E-state index < -0.39 is 0 Å². The Balaban J connectivity index is 1.69. The first-order chi connectivity index (χ1) is 9.24. The highest BCUT2D eigenvalue weighted by Gasteiger charge is 2.13. The second-order valence-electron chi connectivity index (χ2n) is 4.75. The van der Waals surface area contributed by atoms with Gasteiger partial charge in [0.15, 0.2) is 0 Å². The van der Waals surface area contributed by atoms with Gasteiger partial charge in [0.1, 0.15) is 0 Å². The number of carbonyl (C=O) groups is 1. The van der Waals surface area contributed by atoms with Crippen molar-refractivity contribution in [3.63, 3.8) is 0 Å². The molecule has 1 aromatic carbocycles. The van der Waals surface area contributed by atoms with Gasteiger partial charge in [-0.15, -0.1) is 0 Å². The summed E-state index contributed by atoms with van der Waals surface area (Å²) in [5.41, 5.74) is 5.03. The van der Waals surface area contributed by atoms with E-state index in [9.17, 15) is 4.79 Å². The van der Waals surface area contributed by atoms with E-state index in [4.69, 9.17) is 0 Å². The molecule has 0 fully saturated rings. The van der Waals surface area contributed by atoms with Gasteiger partial charge in [0, 0.05) is 35.6 Å². The molecule has 1 aliphatic rings. The number of H-pyrrole nitrogens is 1. The van der Waals surface area contributed by atoms with Gasteiger partial charge in [0.2, 0.25) is 0 Å². The van der Waals surface area contributed by atoms with Crippen molar-refractivity contribution >= 4 is 11.6 Å². The van der Waals surface area contributed by atoms with Gasteiger partial charge in [0.25, 0.3) is 5.91 Å². The van der Waals surface area contributed by atoms with Crippen LogP contribution in [-0.2, 0) is 13.0 Å². The van der Waals surface area contributed by atoms with E-state index >= 15 is 0 Å². The fourth-order valence-corrected chi connectivity index (χ4v) is 2.26. The van der Waals surface area contributed by atoms with Crippen LogP contribution in [0.2, 0.25) is 0 Å². The summed E-state index contributed by atoms with van der Waals surface area (Å²) in [6.45, 7) is 3.38. The highest BCUT2D eigenvalue weighted by atomic mass is 16.1. The molecule has 5 nitrogen and oxygen atoms in total. The minimum atomic E-state index is -0.0582. The van der Waals surface area contributed by atoms with Crippen LogP contribution in [0.3, 0.4) is 0 Å². The third-order valence-corrected chi connectivity index (χ3v) is 3.46. The zero-order valence-corrected chi connectivity index (χ0v) is 10.8. The maximum absolute atomic E-state index is 12.1. The number of nitrogens with one attached hydrogen (secondary N) is 3. The van der Waals surface area contributed by atoms with Crippen LogP contribution in [0.15, 0.2) is 24.4 Å². The summed E-state index contributed by atoms with van der Waals surface area (Å²) < 4.78 is 0. The SMILES string of the molecule is Cc1[nH]ncc1CNC(=O)c1ccc2c(c1)NCC2. The molecule has 1 aromatic heterocycles. The Morgan fingerprint density at radius 1 is 1.47 bits per heavy atom. The van der Waals surface area contributed by atoms with Gasteiger partial charge in [-0.25, -0.2) is 0 Å². The number of aromatic nitrogens is 2.